The summed E-state index contributed by atoms with van der Waals surface area (Å²) < 4.78 is 16.9. The lowest BCUT2D eigenvalue weighted by molar-refractivity contribution is 0.0123. The number of piperazine rings is 1. The molecule has 1 aromatic heterocycles. The molecule has 3 aromatic carbocycles. The Labute approximate surface area is 263 Å². The van der Waals surface area contributed by atoms with Crippen LogP contribution in [0.3, 0.4) is 0 Å². The predicted molar refractivity (Wildman–Crippen MR) is 176 cm³/mol. The molecule has 8 nitrogen and oxygen atoms in total. The predicted octanol–water partition coefficient (Wildman–Crippen LogP) is 7.14. The molecule has 3 heterocycles. The van der Waals surface area contributed by atoms with Gasteiger partial charge in [0, 0.05) is 41.5 Å². The number of halogens is 2. The zero-order valence-corrected chi connectivity index (χ0v) is 27.6. The highest BCUT2D eigenvalue weighted by molar-refractivity contribution is 7.29. The maximum atomic E-state index is 13.0. The second kappa shape index (κ2) is 11.6. The van der Waals surface area contributed by atoms with Gasteiger partial charge in [-0.05, 0) is 86.2 Å². The van der Waals surface area contributed by atoms with E-state index in [-0.39, 0.29) is 30.3 Å². The first-order chi connectivity index (χ1) is 20.5. The molecule has 6 rings (SSSR count). The summed E-state index contributed by atoms with van der Waals surface area (Å²) in [6.07, 6.45) is 1.56. The third kappa shape index (κ3) is 5.59. The molecular formula is C32H35Cl2N4O4P. The average molecular weight is 642 g/mol. The van der Waals surface area contributed by atoms with Crippen LogP contribution in [-0.2, 0) is 9.47 Å². The van der Waals surface area contributed by atoms with Gasteiger partial charge in [0.15, 0.2) is 6.79 Å². The third-order valence-electron chi connectivity index (χ3n) is 8.19. The summed E-state index contributed by atoms with van der Waals surface area (Å²) in [5.41, 5.74) is 2.92. The maximum absolute atomic E-state index is 13.0. The zero-order valence-electron chi connectivity index (χ0n) is 24.9. The van der Waals surface area contributed by atoms with Gasteiger partial charge in [0.05, 0.1) is 17.6 Å². The van der Waals surface area contributed by atoms with Crippen molar-refractivity contribution >= 4 is 71.3 Å². The fraction of sp³-hybridized carbons (Fsp3) is 0.406. The maximum Gasteiger partial charge on any atom is 0.410 e. The summed E-state index contributed by atoms with van der Waals surface area (Å²) in [5, 5.41) is 4.44. The summed E-state index contributed by atoms with van der Waals surface area (Å²) in [5.74, 6) is 1.43. The lowest BCUT2D eigenvalue weighted by Crippen LogP contribution is -2.57. The van der Waals surface area contributed by atoms with Crippen LogP contribution in [0.1, 0.15) is 39.2 Å². The van der Waals surface area contributed by atoms with Gasteiger partial charge in [-0.1, -0.05) is 35.9 Å². The van der Waals surface area contributed by atoms with Crippen LogP contribution in [0.25, 0.3) is 32.8 Å². The van der Waals surface area contributed by atoms with E-state index in [1.54, 1.807) is 7.11 Å². The monoisotopic (exact) mass is 640 g/mol. The molecule has 0 radical (unpaired) electrons. The molecule has 226 valence electrons. The van der Waals surface area contributed by atoms with Gasteiger partial charge in [-0.3, -0.25) is 4.90 Å². The standard InChI is InChI=1S/C32H35Cl2N4O4P/c1-17-20-8-6-7-9-21(20)22(13-25(17)41-16-40-5)26-24(33)12-23-27(28(26)43)35-30(34)36-29(23)37-14-18-10-11-19(15-37)38(18)31(39)42-32(2,3)4/h6-9,12-13,18-19H,10-11,14-16,43H2,1-5H3. The van der Waals surface area contributed by atoms with Crippen LogP contribution in [-0.4, -0.2) is 65.6 Å². The summed E-state index contributed by atoms with van der Waals surface area (Å²) >= 11 is 13.7. The molecular weight excluding hydrogens is 606 g/mol. The normalized spacial score (nSPS) is 18.5. The highest BCUT2D eigenvalue weighted by Crippen LogP contribution is 2.42. The van der Waals surface area contributed by atoms with Crippen LogP contribution in [0, 0.1) is 6.92 Å². The number of carbonyl (C=O) groups excluding carboxylic acids is 1. The van der Waals surface area contributed by atoms with Gasteiger partial charge in [0.25, 0.3) is 0 Å². The van der Waals surface area contributed by atoms with E-state index in [2.05, 4.69) is 36.2 Å². The molecule has 0 N–H and O–H groups in total. The van der Waals surface area contributed by atoms with Crippen molar-refractivity contribution in [2.45, 2.75) is 58.2 Å². The molecule has 2 fully saturated rings. The molecule has 0 aliphatic carbocycles. The van der Waals surface area contributed by atoms with E-state index in [4.69, 9.17) is 37.4 Å². The van der Waals surface area contributed by atoms with Crippen LogP contribution >= 0.6 is 32.4 Å². The number of nitrogens with zero attached hydrogens (tertiary/aromatic N) is 4. The molecule has 3 atom stereocenters. The fourth-order valence-corrected chi connectivity index (χ4v) is 7.49. The Hall–Kier alpha value is -2.90. The van der Waals surface area contributed by atoms with Crippen LogP contribution in [0.5, 0.6) is 5.75 Å². The quantitative estimate of drug-likeness (QED) is 0.130. The largest absolute Gasteiger partial charge is 0.467 e. The van der Waals surface area contributed by atoms with E-state index in [0.29, 0.717) is 29.4 Å². The van der Waals surface area contributed by atoms with Crippen LogP contribution in [0.2, 0.25) is 10.3 Å². The summed E-state index contributed by atoms with van der Waals surface area (Å²) in [4.78, 5) is 26.5. The van der Waals surface area contributed by atoms with Crippen molar-refractivity contribution < 1.29 is 19.0 Å². The Morgan fingerprint density at radius 3 is 2.37 bits per heavy atom. The second-order valence-electron chi connectivity index (χ2n) is 12.2. The number of anilines is 1. The van der Waals surface area contributed by atoms with E-state index in [9.17, 15) is 4.79 Å². The van der Waals surface area contributed by atoms with Crippen LogP contribution < -0.4 is 14.9 Å². The number of rotatable bonds is 5. The van der Waals surface area contributed by atoms with Crippen LogP contribution in [0.4, 0.5) is 10.6 Å². The van der Waals surface area contributed by atoms with Gasteiger partial charge in [-0.15, -0.1) is 9.24 Å². The number of benzene rings is 3. The first kappa shape index (κ1) is 30.1. The first-order valence-electron chi connectivity index (χ1n) is 14.3. The van der Waals surface area contributed by atoms with E-state index in [1.165, 1.54) is 0 Å². The van der Waals surface area contributed by atoms with Crippen molar-refractivity contribution in [2.75, 3.05) is 31.9 Å². The molecule has 2 aliphatic rings. The number of ether oxygens (including phenoxy) is 3. The lowest BCUT2D eigenvalue weighted by atomic mass is 9.94. The topological polar surface area (TPSA) is 77.0 Å². The Morgan fingerprint density at radius 1 is 1.05 bits per heavy atom. The SMILES string of the molecule is COCOc1cc(-c2c(Cl)cc3c(N4CC5CCC(C4)N5C(=O)OC(C)(C)C)nc(Cl)nc3c2P)c2ccccc2c1C. The smallest absolute Gasteiger partial charge is 0.410 e. The zero-order chi connectivity index (χ0) is 30.6. The molecule has 1 amide bonds. The first-order valence-corrected chi connectivity index (χ1v) is 15.7. The summed E-state index contributed by atoms with van der Waals surface area (Å²) in [7, 11) is 4.43. The van der Waals surface area contributed by atoms with Gasteiger partial charge < -0.3 is 19.1 Å². The molecule has 0 saturated carbocycles. The van der Waals surface area contributed by atoms with Crippen molar-refractivity contribution in [3.05, 3.63) is 52.3 Å². The van der Waals surface area contributed by atoms with Crippen molar-refractivity contribution in [1.82, 2.24) is 14.9 Å². The number of fused-ring (bicyclic) bond motifs is 4. The van der Waals surface area contributed by atoms with E-state index in [1.807, 2.05) is 56.9 Å². The molecule has 43 heavy (non-hydrogen) atoms. The Bertz CT molecular complexity index is 1730. The molecule has 2 aliphatic heterocycles. The second-order valence-corrected chi connectivity index (χ2v) is 13.5. The van der Waals surface area contributed by atoms with Crippen molar-refractivity contribution in [3.63, 3.8) is 0 Å². The van der Waals surface area contributed by atoms with E-state index >= 15 is 0 Å². The van der Waals surface area contributed by atoms with Crippen molar-refractivity contribution in [1.29, 1.82) is 0 Å². The number of aromatic nitrogens is 2. The average Bonchev–Trinajstić information content (AvgIpc) is 3.22. The summed E-state index contributed by atoms with van der Waals surface area (Å²) in [6.45, 7) is 9.08. The van der Waals surface area contributed by atoms with E-state index < -0.39 is 5.60 Å². The number of hydrogen-bond acceptors (Lipinski definition) is 7. The van der Waals surface area contributed by atoms with Gasteiger partial charge >= 0.3 is 6.09 Å². The molecule has 4 aromatic rings. The fourth-order valence-electron chi connectivity index (χ4n) is 6.39. The number of hydrogen-bond donors (Lipinski definition) is 0. The minimum atomic E-state index is -0.548. The Morgan fingerprint density at radius 2 is 1.72 bits per heavy atom. The highest BCUT2D eigenvalue weighted by atomic mass is 35.5. The number of aryl methyl sites for hydroxylation is 1. The molecule has 3 unspecified atom stereocenters. The summed E-state index contributed by atoms with van der Waals surface area (Å²) in [6, 6.07) is 12.2. The minimum absolute atomic E-state index is 0.0204. The molecule has 2 saturated heterocycles. The Kier molecular flexibility index (Phi) is 8.10. The Balaban J connectivity index is 1.44. The van der Waals surface area contributed by atoms with Gasteiger partial charge in [0.2, 0.25) is 5.28 Å². The van der Waals surface area contributed by atoms with Gasteiger partial charge in [-0.2, -0.15) is 4.98 Å². The van der Waals surface area contributed by atoms with E-state index in [0.717, 1.165) is 56.7 Å². The number of amides is 1. The third-order valence-corrected chi connectivity index (χ3v) is 9.22. The molecule has 0 spiro atoms. The van der Waals surface area contributed by atoms with Crippen molar-refractivity contribution in [3.8, 4) is 16.9 Å². The van der Waals surface area contributed by atoms with Gasteiger partial charge in [-0.25, -0.2) is 9.78 Å². The van der Waals surface area contributed by atoms with Gasteiger partial charge in [0.1, 0.15) is 17.2 Å². The highest BCUT2D eigenvalue weighted by Gasteiger charge is 2.45. The number of carbonyl (C=O) groups is 1. The van der Waals surface area contributed by atoms with Crippen molar-refractivity contribution in [2.24, 2.45) is 0 Å². The van der Waals surface area contributed by atoms with Crippen LogP contribution in [0.15, 0.2) is 36.4 Å². The minimum Gasteiger partial charge on any atom is -0.467 e. The lowest BCUT2D eigenvalue weighted by Gasteiger charge is -2.42. The number of methoxy groups -OCH3 is 1. The molecule has 11 heteroatoms. The molecule has 2 bridgehead atoms.